The van der Waals surface area contributed by atoms with Crippen LogP contribution in [0, 0.1) is 0 Å². The largest absolute Gasteiger partial charge is 0.494 e. The first kappa shape index (κ1) is 19.2. The number of ether oxygens (including phenoxy) is 1. The number of nitrogens with zero attached hydrogens (tertiary/aromatic N) is 2. The van der Waals surface area contributed by atoms with Crippen molar-refractivity contribution < 1.29 is 9.53 Å². The molecule has 0 radical (unpaired) electrons. The molecule has 2 amide bonds. The minimum atomic E-state index is -0.229. The van der Waals surface area contributed by atoms with E-state index in [0.29, 0.717) is 13.2 Å². The summed E-state index contributed by atoms with van der Waals surface area (Å²) in [6.45, 7) is 3.18. The molecule has 0 saturated heterocycles. The van der Waals surface area contributed by atoms with Gasteiger partial charge < -0.3 is 19.9 Å². The number of aromatic nitrogens is 2. The molecule has 0 bridgehead atoms. The standard InChI is InChI=1S/C25H24N4O2/c1-2-31-19-11-9-18(10-12-19)27-25(30)29-15-13-21-20-7-3-4-8-22(20)28-23(21)24(29)17-6-5-14-26-16-17/h3-12,14,16,24,28H,2,13,15H2,1H3,(H,27,30)/t24-/m1/s1. The lowest BCUT2D eigenvalue weighted by Crippen LogP contribution is -2.43. The van der Waals surface area contributed by atoms with Gasteiger partial charge in [-0.15, -0.1) is 0 Å². The predicted octanol–water partition coefficient (Wildman–Crippen LogP) is 5.14. The Morgan fingerprint density at radius 2 is 2.00 bits per heavy atom. The van der Waals surface area contributed by atoms with E-state index in [0.717, 1.165) is 34.6 Å². The van der Waals surface area contributed by atoms with E-state index in [1.165, 1.54) is 10.9 Å². The molecule has 2 aromatic heterocycles. The van der Waals surface area contributed by atoms with Gasteiger partial charge in [0, 0.05) is 41.2 Å². The van der Waals surface area contributed by atoms with Crippen LogP contribution in [0.3, 0.4) is 0 Å². The minimum absolute atomic E-state index is 0.137. The fourth-order valence-electron chi connectivity index (χ4n) is 4.34. The fourth-order valence-corrected chi connectivity index (χ4v) is 4.34. The van der Waals surface area contributed by atoms with E-state index < -0.39 is 0 Å². The highest BCUT2D eigenvalue weighted by molar-refractivity contribution is 5.91. The molecule has 5 rings (SSSR count). The Kier molecular flexibility index (Phi) is 5.04. The van der Waals surface area contributed by atoms with Crippen LogP contribution in [0.5, 0.6) is 5.75 Å². The lowest BCUT2D eigenvalue weighted by atomic mass is 9.93. The average molecular weight is 412 g/mol. The molecule has 2 N–H and O–H groups in total. The summed E-state index contributed by atoms with van der Waals surface area (Å²) >= 11 is 0. The van der Waals surface area contributed by atoms with Gasteiger partial charge in [0.15, 0.2) is 0 Å². The van der Waals surface area contributed by atoms with Crippen LogP contribution in [0.25, 0.3) is 10.9 Å². The molecule has 1 atom stereocenters. The highest BCUT2D eigenvalue weighted by atomic mass is 16.5. The molecule has 0 spiro atoms. The highest BCUT2D eigenvalue weighted by Crippen LogP contribution is 2.38. The summed E-state index contributed by atoms with van der Waals surface area (Å²) in [4.78, 5) is 23.1. The van der Waals surface area contributed by atoms with Crippen molar-refractivity contribution in [3.8, 4) is 5.75 Å². The van der Waals surface area contributed by atoms with Gasteiger partial charge >= 0.3 is 6.03 Å². The second kappa shape index (κ2) is 8.14. The van der Waals surface area contributed by atoms with Crippen LogP contribution < -0.4 is 10.1 Å². The monoisotopic (exact) mass is 412 g/mol. The van der Waals surface area contributed by atoms with Crippen molar-refractivity contribution in [2.45, 2.75) is 19.4 Å². The summed E-state index contributed by atoms with van der Waals surface area (Å²) in [5.74, 6) is 0.787. The van der Waals surface area contributed by atoms with E-state index in [-0.39, 0.29) is 12.1 Å². The Morgan fingerprint density at radius 3 is 2.77 bits per heavy atom. The number of carbonyl (C=O) groups excluding carboxylic acids is 1. The normalized spacial score (nSPS) is 15.5. The number of para-hydroxylation sites is 1. The summed E-state index contributed by atoms with van der Waals surface area (Å²) in [5.41, 5.74) is 5.14. The number of rotatable bonds is 4. The Balaban J connectivity index is 1.49. The maximum atomic E-state index is 13.3. The third kappa shape index (κ3) is 3.61. The minimum Gasteiger partial charge on any atom is -0.494 e. The first-order valence-electron chi connectivity index (χ1n) is 10.5. The van der Waals surface area contributed by atoms with Crippen LogP contribution in [0.15, 0.2) is 73.1 Å². The zero-order valence-electron chi connectivity index (χ0n) is 17.3. The average Bonchev–Trinajstić information content (AvgIpc) is 3.19. The SMILES string of the molecule is CCOc1ccc(NC(=O)N2CCc3c([nH]c4ccccc34)[C@H]2c2cccnc2)cc1. The van der Waals surface area contributed by atoms with Crippen molar-refractivity contribution in [3.63, 3.8) is 0 Å². The maximum Gasteiger partial charge on any atom is 0.322 e. The van der Waals surface area contributed by atoms with Crippen LogP contribution in [-0.4, -0.2) is 34.1 Å². The molecule has 156 valence electrons. The number of pyridine rings is 1. The van der Waals surface area contributed by atoms with E-state index in [4.69, 9.17) is 4.74 Å². The molecule has 2 aromatic carbocycles. The van der Waals surface area contributed by atoms with Gasteiger partial charge in [-0.25, -0.2) is 4.79 Å². The molecule has 1 aliphatic rings. The maximum absolute atomic E-state index is 13.3. The van der Waals surface area contributed by atoms with Crippen molar-refractivity contribution in [2.24, 2.45) is 0 Å². The van der Waals surface area contributed by atoms with Crippen LogP contribution in [0.4, 0.5) is 10.5 Å². The highest BCUT2D eigenvalue weighted by Gasteiger charge is 2.34. The number of fused-ring (bicyclic) bond motifs is 3. The second-order valence-corrected chi connectivity index (χ2v) is 7.58. The van der Waals surface area contributed by atoms with Crippen molar-refractivity contribution in [1.82, 2.24) is 14.9 Å². The number of nitrogens with one attached hydrogen (secondary N) is 2. The number of amides is 2. The fraction of sp³-hybridized carbons (Fsp3) is 0.200. The summed E-state index contributed by atoms with van der Waals surface area (Å²) < 4.78 is 5.49. The molecule has 0 fully saturated rings. The summed E-state index contributed by atoms with van der Waals surface area (Å²) in [7, 11) is 0. The number of H-pyrrole nitrogens is 1. The zero-order valence-corrected chi connectivity index (χ0v) is 17.3. The third-order valence-electron chi connectivity index (χ3n) is 5.71. The van der Waals surface area contributed by atoms with Crippen molar-refractivity contribution in [3.05, 3.63) is 89.9 Å². The zero-order chi connectivity index (χ0) is 21.2. The second-order valence-electron chi connectivity index (χ2n) is 7.58. The molecular weight excluding hydrogens is 388 g/mol. The van der Waals surface area contributed by atoms with Gasteiger partial charge in [0.1, 0.15) is 11.8 Å². The van der Waals surface area contributed by atoms with Crippen molar-refractivity contribution >= 4 is 22.6 Å². The van der Waals surface area contributed by atoms with E-state index >= 15 is 0 Å². The van der Waals surface area contributed by atoms with E-state index in [9.17, 15) is 4.79 Å². The van der Waals surface area contributed by atoms with Gasteiger partial charge in [-0.2, -0.15) is 0 Å². The van der Waals surface area contributed by atoms with Gasteiger partial charge in [-0.3, -0.25) is 4.98 Å². The van der Waals surface area contributed by atoms with E-state index in [1.807, 2.05) is 60.5 Å². The molecule has 0 aliphatic carbocycles. The lowest BCUT2D eigenvalue weighted by molar-refractivity contribution is 0.193. The topological polar surface area (TPSA) is 70.2 Å². The van der Waals surface area contributed by atoms with E-state index in [1.54, 1.807) is 6.20 Å². The molecular formula is C25H24N4O2. The first-order valence-corrected chi connectivity index (χ1v) is 10.5. The van der Waals surface area contributed by atoms with Crippen molar-refractivity contribution in [2.75, 3.05) is 18.5 Å². The number of anilines is 1. The van der Waals surface area contributed by atoms with E-state index in [2.05, 4.69) is 33.5 Å². The van der Waals surface area contributed by atoms with Gasteiger partial charge in [0.2, 0.25) is 0 Å². The van der Waals surface area contributed by atoms with Crippen LogP contribution in [0.2, 0.25) is 0 Å². The molecule has 6 nitrogen and oxygen atoms in total. The van der Waals surface area contributed by atoms with Crippen molar-refractivity contribution in [1.29, 1.82) is 0 Å². The molecule has 6 heteroatoms. The molecule has 3 heterocycles. The molecule has 0 unspecified atom stereocenters. The molecule has 0 saturated carbocycles. The molecule has 1 aliphatic heterocycles. The number of hydrogen-bond acceptors (Lipinski definition) is 3. The smallest absolute Gasteiger partial charge is 0.322 e. The van der Waals surface area contributed by atoms with Gasteiger partial charge in [0.05, 0.1) is 6.61 Å². The van der Waals surface area contributed by atoms with Crippen LogP contribution >= 0.6 is 0 Å². The number of urea groups is 1. The quantitative estimate of drug-likeness (QED) is 0.487. The molecule has 4 aromatic rings. The number of hydrogen-bond donors (Lipinski definition) is 2. The summed E-state index contributed by atoms with van der Waals surface area (Å²) in [5, 5.41) is 4.26. The van der Waals surface area contributed by atoms with Gasteiger partial charge in [-0.05, 0) is 60.9 Å². The Labute approximate surface area is 180 Å². The first-order chi connectivity index (χ1) is 15.2. The van der Waals surface area contributed by atoms with Crippen LogP contribution in [-0.2, 0) is 6.42 Å². The predicted molar refractivity (Wildman–Crippen MR) is 121 cm³/mol. The van der Waals surface area contributed by atoms with Crippen LogP contribution in [0.1, 0.15) is 29.8 Å². The van der Waals surface area contributed by atoms with Gasteiger partial charge in [0.25, 0.3) is 0 Å². The molecule has 31 heavy (non-hydrogen) atoms. The summed E-state index contributed by atoms with van der Waals surface area (Å²) in [6.07, 6.45) is 4.39. The van der Waals surface area contributed by atoms with Gasteiger partial charge in [-0.1, -0.05) is 24.3 Å². The number of carbonyl (C=O) groups is 1. The number of benzene rings is 2. The Morgan fingerprint density at radius 1 is 1.16 bits per heavy atom. The summed E-state index contributed by atoms with van der Waals surface area (Å²) in [6, 6.07) is 19.3. The Bertz CT molecular complexity index is 1200. The Hall–Kier alpha value is -3.80. The lowest BCUT2D eigenvalue weighted by Gasteiger charge is -2.36. The third-order valence-corrected chi connectivity index (χ3v) is 5.71. The number of aromatic amines is 1.